The van der Waals surface area contributed by atoms with E-state index in [1.165, 1.54) is 46.9 Å². The van der Waals surface area contributed by atoms with Crippen molar-refractivity contribution in [3.05, 3.63) is 46.3 Å². The van der Waals surface area contributed by atoms with E-state index in [0.717, 1.165) is 15.6 Å². The number of rotatable bonds is 5. The van der Waals surface area contributed by atoms with Gasteiger partial charge in [-0.05, 0) is 44.2 Å². The van der Waals surface area contributed by atoms with Crippen molar-refractivity contribution in [2.75, 3.05) is 4.72 Å². The molecular weight excluding hydrogens is 414 g/mol. The summed E-state index contributed by atoms with van der Waals surface area (Å²) in [5.41, 5.74) is 1.13. The second-order valence-electron chi connectivity index (χ2n) is 5.50. The van der Waals surface area contributed by atoms with E-state index in [1.807, 2.05) is 12.3 Å². The Labute approximate surface area is 159 Å². The van der Waals surface area contributed by atoms with E-state index < -0.39 is 20.0 Å². The summed E-state index contributed by atoms with van der Waals surface area (Å²) in [5.74, 6) is 0. The minimum atomic E-state index is -3.83. The molecule has 0 unspecified atom stereocenters. The Kier molecular flexibility index (Phi) is 4.92. The number of aryl methyl sites for hydroxylation is 2. The summed E-state index contributed by atoms with van der Waals surface area (Å²) in [6, 6.07) is 6.79. The number of hydrogen-bond donors (Lipinski definition) is 2. The summed E-state index contributed by atoms with van der Waals surface area (Å²) in [4.78, 5) is 5.88. The molecule has 3 N–H and O–H groups in total. The van der Waals surface area contributed by atoms with Crippen LogP contribution in [0, 0.1) is 13.8 Å². The normalized spacial score (nSPS) is 12.3. The van der Waals surface area contributed by atoms with E-state index in [2.05, 4.69) is 9.71 Å². The summed E-state index contributed by atoms with van der Waals surface area (Å²) in [6.45, 7) is 3.61. The number of aromatic nitrogens is 1. The van der Waals surface area contributed by atoms with E-state index in [-0.39, 0.29) is 15.5 Å². The summed E-state index contributed by atoms with van der Waals surface area (Å²) < 4.78 is 50.4. The third-order valence-electron chi connectivity index (χ3n) is 3.43. The largest absolute Gasteiger partial charge is 0.280 e. The number of nitrogens with zero attached hydrogens (tertiary/aromatic N) is 1. The minimum Gasteiger partial charge on any atom is -0.280 e. The second kappa shape index (κ2) is 6.74. The smallest absolute Gasteiger partial charge is 0.263 e. The molecule has 26 heavy (non-hydrogen) atoms. The summed E-state index contributed by atoms with van der Waals surface area (Å²) >= 11 is 2.82. The topological polar surface area (TPSA) is 119 Å². The molecule has 2 heterocycles. The fraction of sp³-hybridized carbons (Fsp3) is 0.133. The molecule has 0 atom stereocenters. The van der Waals surface area contributed by atoms with Gasteiger partial charge in [0.15, 0.2) is 0 Å². The molecule has 3 rings (SSSR count). The molecule has 7 nitrogen and oxygen atoms in total. The van der Waals surface area contributed by atoms with Crippen LogP contribution in [0.3, 0.4) is 0 Å². The molecule has 0 aliphatic rings. The highest BCUT2D eigenvalue weighted by atomic mass is 32.2. The molecule has 138 valence electrons. The molecule has 0 bridgehead atoms. The van der Waals surface area contributed by atoms with Gasteiger partial charge in [-0.1, -0.05) is 0 Å². The van der Waals surface area contributed by atoms with E-state index in [9.17, 15) is 16.8 Å². The van der Waals surface area contributed by atoms with Crippen molar-refractivity contribution in [3.63, 3.8) is 0 Å². The minimum absolute atomic E-state index is 0.0893. The highest BCUT2D eigenvalue weighted by Gasteiger charge is 2.22. The summed E-state index contributed by atoms with van der Waals surface area (Å²) in [5, 5.41) is 7.71. The molecule has 11 heteroatoms. The number of anilines is 1. The lowest BCUT2D eigenvalue weighted by Crippen LogP contribution is -2.14. The first-order valence-corrected chi connectivity index (χ1v) is 12.0. The van der Waals surface area contributed by atoms with Gasteiger partial charge < -0.3 is 0 Å². The molecule has 0 radical (unpaired) electrons. The van der Waals surface area contributed by atoms with Crippen LogP contribution in [0.2, 0.25) is 0 Å². The Balaban J connectivity index is 1.90. The molecule has 0 amide bonds. The van der Waals surface area contributed by atoms with Crippen LogP contribution in [-0.4, -0.2) is 21.8 Å². The van der Waals surface area contributed by atoms with Crippen LogP contribution in [0.5, 0.6) is 0 Å². The number of benzene rings is 1. The molecule has 3 aromatic rings. The lowest BCUT2D eigenvalue weighted by Gasteiger charge is -2.08. The van der Waals surface area contributed by atoms with Gasteiger partial charge in [-0.25, -0.2) is 27.0 Å². The van der Waals surface area contributed by atoms with E-state index >= 15 is 0 Å². The Morgan fingerprint density at radius 2 is 1.73 bits per heavy atom. The van der Waals surface area contributed by atoms with E-state index in [0.29, 0.717) is 4.88 Å². The quantitative estimate of drug-likeness (QED) is 0.646. The van der Waals surface area contributed by atoms with Crippen LogP contribution < -0.4 is 9.86 Å². The SMILES string of the molecule is Cc1csc(-c2cc(S(=O)(=O)Nc3ccc(S(N)(=O)=O)cc3)c(C)s2)n1. The maximum Gasteiger partial charge on any atom is 0.263 e. The molecule has 1 aromatic carbocycles. The van der Waals surface area contributed by atoms with Gasteiger partial charge in [-0.3, -0.25) is 4.72 Å². The highest BCUT2D eigenvalue weighted by Crippen LogP contribution is 2.35. The van der Waals surface area contributed by atoms with Crippen molar-refractivity contribution in [2.45, 2.75) is 23.6 Å². The maximum absolute atomic E-state index is 12.7. The molecule has 0 saturated heterocycles. The number of nitrogens with one attached hydrogen (secondary N) is 1. The number of primary sulfonamides is 1. The van der Waals surface area contributed by atoms with Gasteiger partial charge in [0.2, 0.25) is 10.0 Å². The Hall–Kier alpha value is -1.79. The van der Waals surface area contributed by atoms with E-state index in [1.54, 1.807) is 13.0 Å². The van der Waals surface area contributed by atoms with Crippen molar-refractivity contribution in [2.24, 2.45) is 5.14 Å². The monoisotopic (exact) mass is 429 g/mol. The first-order chi connectivity index (χ1) is 12.1. The van der Waals surface area contributed by atoms with Crippen LogP contribution in [0.15, 0.2) is 45.5 Å². The summed E-state index contributed by atoms with van der Waals surface area (Å²) in [7, 11) is -7.64. The van der Waals surface area contributed by atoms with E-state index in [4.69, 9.17) is 5.14 Å². The van der Waals surface area contributed by atoms with Crippen LogP contribution in [-0.2, 0) is 20.0 Å². The average Bonchev–Trinajstić information content (AvgIpc) is 3.13. The first-order valence-electron chi connectivity index (χ1n) is 7.25. The van der Waals surface area contributed by atoms with Crippen molar-refractivity contribution in [3.8, 4) is 9.88 Å². The zero-order valence-electron chi connectivity index (χ0n) is 13.8. The third kappa shape index (κ3) is 3.96. The zero-order valence-corrected chi connectivity index (χ0v) is 17.0. The number of sulfonamides is 2. The van der Waals surface area contributed by atoms with Gasteiger partial charge in [0, 0.05) is 21.6 Å². The fourth-order valence-electron chi connectivity index (χ4n) is 2.23. The van der Waals surface area contributed by atoms with Crippen LogP contribution in [0.1, 0.15) is 10.6 Å². The molecule has 0 aliphatic carbocycles. The molecule has 2 aromatic heterocycles. The summed E-state index contributed by atoms with van der Waals surface area (Å²) in [6.07, 6.45) is 0. The maximum atomic E-state index is 12.7. The standard InChI is InChI=1S/C15H15N3O4S4/c1-9-8-23-15(17-9)13-7-14(10(2)24-13)26(21,22)18-11-3-5-12(6-4-11)25(16,19)20/h3-8,18H,1-2H3,(H2,16,19,20). The van der Waals surface area contributed by atoms with Crippen molar-refractivity contribution >= 4 is 48.4 Å². The average molecular weight is 430 g/mol. The zero-order chi connectivity index (χ0) is 19.1. The lowest BCUT2D eigenvalue weighted by atomic mass is 10.3. The molecule has 0 fully saturated rings. The van der Waals surface area contributed by atoms with Crippen molar-refractivity contribution < 1.29 is 16.8 Å². The van der Waals surface area contributed by atoms with Gasteiger partial charge in [-0.2, -0.15) is 0 Å². The van der Waals surface area contributed by atoms with Crippen molar-refractivity contribution in [1.82, 2.24) is 4.98 Å². The van der Waals surface area contributed by atoms with Crippen LogP contribution in [0.4, 0.5) is 5.69 Å². The van der Waals surface area contributed by atoms with Gasteiger partial charge in [-0.15, -0.1) is 22.7 Å². The predicted octanol–water partition coefficient (Wildman–Crippen LogP) is 2.94. The first kappa shape index (κ1) is 19.0. The van der Waals surface area contributed by atoms with Gasteiger partial charge >= 0.3 is 0 Å². The number of thiazole rings is 1. The fourth-order valence-corrected chi connectivity index (χ4v) is 6.25. The molecule has 0 aliphatic heterocycles. The van der Waals surface area contributed by atoms with Crippen LogP contribution >= 0.6 is 22.7 Å². The Morgan fingerprint density at radius 3 is 2.27 bits per heavy atom. The number of thiophene rings is 1. The molecule has 0 spiro atoms. The molecular formula is C15H15N3O4S4. The second-order valence-corrected chi connectivity index (χ2v) is 10.8. The van der Waals surface area contributed by atoms with Gasteiger partial charge in [0.1, 0.15) is 9.90 Å². The Morgan fingerprint density at radius 1 is 1.08 bits per heavy atom. The highest BCUT2D eigenvalue weighted by molar-refractivity contribution is 7.93. The predicted molar refractivity (Wildman–Crippen MR) is 104 cm³/mol. The number of hydrogen-bond acceptors (Lipinski definition) is 7. The third-order valence-corrected chi connectivity index (χ3v) is 8.17. The molecule has 0 saturated carbocycles. The Bertz CT molecular complexity index is 1160. The lowest BCUT2D eigenvalue weighted by molar-refractivity contribution is 0.597. The van der Waals surface area contributed by atoms with Crippen molar-refractivity contribution in [1.29, 1.82) is 0 Å². The van der Waals surface area contributed by atoms with Gasteiger partial charge in [0.25, 0.3) is 10.0 Å². The van der Waals surface area contributed by atoms with Crippen LogP contribution in [0.25, 0.3) is 9.88 Å². The number of nitrogens with two attached hydrogens (primary N) is 1. The van der Waals surface area contributed by atoms with Gasteiger partial charge in [0.05, 0.1) is 9.77 Å².